The number of nitrogens with one attached hydrogen (secondary N) is 1. The molecule has 0 aliphatic carbocycles. The van der Waals surface area contributed by atoms with Gasteiger partial charge in [0.25, 0.3) is 0 Å². The zero-order valence-electron chi connectivity index (χ0n) is 14.1. The molecule has 0 fully saturated rings. The summed E-state index contributed by atoms with van der Waals surface area (Å²) < 4.78 is 0. The van der Waals surface area contributed by atoms with Crippen molar-refractivity contribution in [3.8, 4) is 33.9 Å². The molecule has 0 spiro atoms. The second kappa shape index (κ2) is 6.73. The van der Waals surface area contributed by atoms with Gasteiger partial charge in [-0.05, 0) is 23.1 Å². The maximum atomic E-state index is 4.64. The molecule has 0 unspecified atom stereocenters. The first-order chi connectivity index (χ1) is 12.3. The van der Waals surface area contributed by atoms with E-state index in [0.717, 1.165) is 29.2 Å². The molecule has 0 bridgehead atoms. The van der Waals surface area contributed by atoms with Crippen LogP contribution < -0.4 is 0 Å². The molecule has 25 heavy (non-hydrogen) atoms. The number of nitrogens with zero attached hydrogens (tertiary/aromatic N) is 2. The van der Waals surface area contributed by atoms with Crippen molar-refractivity contribution in [3.63, 3.8) is 0 Å². The zero-order valence-corrected chi connectivity index (χ0v) is 14.1. The fourth-order valence-electron chi connectivity index (χ4n) is 2.86. The molecule has 0 saturated heterocycles. The fraction of sp³-hybridized carbons (Fsp3) is 0.0909. The molecule has 0 radical (unpaired) electrons. The Balaban J connectivity index is 1.59. The lowest BCUT2D eigenvalue weighted by Gasteiger charge is -2.02. The van der Waals surface area contributed by atoms with Gasteiger partial charge in [0.05, 0.1) is 0 Å². The van der Waals surface area contributed by atoms with Gasteiger partial charge in [0, 0.05) is 11.1 Å². The predicted molar refractivity (Wildman–Crippen MR) is 102 cm³/mol. The number of hydrogen-bond acceptors (Lipinski definition) is 2. The van der Waals surface area contributed by atoms with Gasteiger partial charge in [-0.2, -0.15) is 5.10 Å². The fourth-order valence-corrected chi connectivity index (χ4v) is 2.86. The van der Waals surface area contributed by atoms with Crippen molar-refractivity contribution in [2.45, 2.75) is 13.3 Å². The molecule has 3 nitrogen and oxygen atoms in total. The number of aromatic amines is 1. The molecule has 3 aromatic carbocycles. The summed E-state index contributed by atoms with van der Waals surface area (Å²) in [5, 5.41) is 7.41. The zero-order chi connectivity index (χ0) is 17.1. The number of rotatable bonds is 4. The largest absolute Gasteiger partial charge is 0.259 e. The molecular weight excluding hydrogens is 306 g/mol. The van der Waals surface area contributed by atoms with E-state index in [9.17, 15) is 0 Å². The Hall–Kier alpha value is -3.20. The van der Waals surface area contributed by atoms with Crippen molar-refractivity contribution in [2.24, 2.45) is 0 Å². The normalized spacial score (nSPS) is 10.8. The molecule has 0 saturated carbocycles. The highest BCUT2D eigenvalue weighted by Gasteiger charge is 2.08. The van der Waals surface area contributed by atoms with Crippen LogP contribution in [-0.4, -0.2) is 15.2 Å². The SMILES string of the molecule is CCc1ccc(-c2n[nH]c(-c3ccc(-c4ccccc4)cc3)n2)cc1. The van der Waals surface area contributed by atoms with Gasteiger partial charge in [-0.15, -0.1) is 0 Å². The summed E-state index contributed by atoms with van der Waals surface area (Å²) >= 11 is 0. The van der Waals surface area contributed by atoms with Crippen molar-refractivity contribution < 1.29 is 0 Å². The highest BCUT2D eigenvalue weighted by molar-refractivity contribution is 5.68. The van der Waals surface area contributed by atoms with Crippen molar-refractivity contribution in [1.29, 1.82) is 0 Å². The molecule has 0 amide bonds. The van der Waals surface area contributed by atoms with Gasteiger partial charge in [0.15, 0.2) is 11.6 Å². The van der Waals surface area contributed by atoms with Crippen LogP contribution in [0, 0.1) is 0 Å². The van der Waals surface area contributed by atoms with Crippen molar-refractivity contribution in [2.75, 3.05) is 0 Å². The summed E-state index contributed by atoms with van der Waals surface area (Å²) in [6.45, 7) is 2.15. The number of hydrogen-bond donors (Lipinski definition) is 1. The molecular formula is C22H19N3. The summed E-state index contributed by atoms with van der Waals surface area (Å²) in [7, 11) is 0. The standard InChI is InChI=1S/C22H19N3/c1-2-16-8-10-19(11-9-16)21-23-22(25-24-21)20-14-12-18(13-15-20)17-6-4-3-5-7-17/h3-15H,2H2,1H3,(H,23,24,25). The molecule has 3 heteroatoms. The predicted octanol–water partition coefficient (Wildman–Crippen LogP) is 5.37. The molecule has 0 aliphatic rings. The van der Waals surface area contributed by atoms with E-state index in [2.05, 4.69) is 94.9 Å². The van der Waals surface area contributed by atoms with Crippen molar-refractivity contribution in [1.82, 2.24) is 15.2 Å². The summed E-state index contributed by atoms with van der Waals surface area (Å²) in [6.07, 6.45) is 1.04. The highest BCUT2D eigenvalue weighted by atomic mass is 15.2. The highest BCUT2D eigenvalue weighted by Crippen LogP contribution is 2.24. The topological polar surface area (TPSA) is 41.6 Å². The average molecular weight is 325 g/mol. The first kappa shape index (κ1) is 15.3. The van der Waals surface area contributed by atoms with Crippen LogP contribution in [0.1, 0.15) is 12.5 Å². The van der Waals surface area contributed by atoms with Crippen LogP contribution >= 0.6 is 0 Å². The van der Waals surface area contributed by atoms with Gasteiger partial charge < -0.3 is 0 Å². The molecule has 4 aromatic rings. The Kier molecular flexibility index (Phi) is 4.13. The first-order valence-electron chi connectivity index (χ1n) is 8.51. The van der Waals surface area contributed by atoms with E-state index in [1.54, 1.807) is 0 Å². The third-order valence-electron chi connectivity index (χ3n) is 4.37. The maximum Gasteiger partial charge on any atom is 0.181 e. The lowest BCUT2D eigenvalue weighted by Crippen LogP contribution is -1.84. The van der Waals surface area contributed by atoms with E-state index in [4.69, 9.17) is 0 Å². The second-order valence-electron chi connectivity index (χ2n) is 6.00. The van der Waals surface area contributed by atoms with Gasteiger partial charge in [-0.3, -0.25) is 5.10 Å². The van der Waals surface area contributed by atoms with Crippen LogP contribution in [0.5, 0.6) is 0 Å². The van der Waals surface area contributed by atoms with E-state index in [1.165, 1.54) is 16.7 Å². The molecule has 0 aliphatic heterocycles. The van der Waals surface area contributed by atoms with Crippen LogP contribution in [0.3, 0.4) is 0 Å². The Labute approximate surface area is 147 Å². The summed E-state index contributed by atoms with van der Waals surface area (Å²) in [5.41, 5.74) is 5.78. The van der Waals surface area contributed by atoms with E-state index < -0.39 is 0 Å². The van der Waals surface area contributed by atoms with Gasteiger partial charge >= 0.3 is 0 Å². The average Bonchev–Trinajstić information content (AvgIpc) is 3.19. The molecule has 1 N–H and O–H groups in total. The minimum atomic E-state index is 0.727. The quantitative estimate of drug-likeness (QED) is 0.548. The molecule has 1 aromatic heterocycles. The number of benzene rings is 3. The summed E-state index contributed by atoms with van der Waals surface area (Å²) in [5.74, 6) is 1.51. The minimum absolute atomic E-state index is 0.727. The molecule has 4 rings (SSSR count). The van der Waals surface area contributed by atoms with E-state index in [-0.39, 0.29) is 0 Å². The molecule has 122 valence electrons. The minimum Gasteiger partial charge on any atom is -0.259 e. The van der Waals surface area contributed by atoms with Gasteiger partial charge in [0.2, 0.25) is 0 Å². The molecule has 0 atom stereocenters. The smallest absolute Gasteiger partial charge is 0.181 e. The number of aromatic nitrogens is 3. The summed E-state index contributed by atoms with van der Waals surface area (Å²) in [6, 6.07) is 27.1. The van der Waals surface area contributed by atoms with Gasteiger partial charge in [-0.1, -0.05) is 85.8 Å². The Morgan fingerprint density at radius 1 is 0.680 bits per heavy atom. The molecule has 1 heterocycles. The maximum absolute atomic E-state index is 4.64. The third kappa shape index (κ3) is 3.22. The van der Waals surface area contributed by atoms with Crippen LogP contribution in [0.4, 0.5) is 0 Å². The first-order valence-corrected chi connectivity index (χ1v) is 8.51. The van der Waals surface area contributed by atoms with Crippen molar-refractivity contribution in [3.05, 3.63) is 84.4 Å². The monoisotopic (exact) mass is 325 g/mol. The van der Waals surface area contributed by atoms with E-state index in [1.807, 2.05) is 6.07 Å². The van der Waals surface area contributed by atoms with Crippen LogP contribution in [-0.2, 0) is 6.42 Å². The van der Waals surface area contributed by atoms with E-state index >= 15 is 0 Å². The van der Waals surface area contributed by atoms with Gasteiger partial charge in [0.1, 0.15) is 0 Å². The van der Waals surface area contributed by atoms with Crippen LogP contribution in [0.25, 0.3) is 33.9 Å². The number of aryl methyl sites for hydroxylation is 1. The van der Waals surface area contributed by atoms with Crippen LogP contribution in [0.2, 0.25) is 0 Å². The lowest BCUT2D eigenvalue weighted by atomic mass is 10.0. The van der Waals surface area contributed by atoms with E-state index in [0.29, 0.717) is 0 Å². The Morgan fingerprint density at radius 3 is 1.96 bits per heavy atom. The summed E-state index contributed by atoms with van der Waals surface area (Å²) in [4.78, 5) is 4.64. The number of H-pyrrole nitrogens is 1. The van der Waals surface area contributed by atoms with Crippen LogP contribution in [0.15, 0.2) is 78.9 Å². The lowest BCUT2D eigenvalue weighted by molar-refractivity contribution is 1.10. The Morgan fingerprint density at radius 2 is 1.28 bits per heavy atom. The second-order valence-corrected chi connectivity index (χ2v) is 6.00. The third-order valence-corrected chi connectivity index (χ3v) is 4.37. The van der Waals surface area contributed by atoms with Crippen molar-refractivity contribution >= 4 is 0 Å². The van der Waals surface area contributed by atoms with Gasteiger partial charge in [-0.25, -0.2) is 4.98 Å². The Bertz CT molecular complexity index is 952.